The van der Waals surface area contributed by atoms with Crippen molar-refractivity contribution in [2.75, 3.05) is 5.32 Å². The monoisotopic (exact) mass is 278 g/mol. The van der Waals surface area contributed by atoms with Crippen LogP contribution < -0.4 is 10.8 Å². The Morgan fingerprint density at radius 2 is 1.94 bits per heavy atom. The van der Waals surface area contributed by atoms with Gasteiger partial charge in [-0.15, -0.1) is 11.3 Å². The number of para-hydroxylation sites is 1. The van der Waals surface area contributed by atoms with E-state index in [4.69, 9.17) is 17.1 Å². The molecule has 2 aromatic rings. The SMILES string of the molecule is O=C(ONC(=S)Nc1ccccc1)c1cccs1. The summed E-state index contributed by atoms with van der Waals surface area (Å²) in [6, 6.07) is 12.8. The fourth-order valence-electron chi connectivity index (χ4n) is 1.22. The van der Waals surface area contributed by atoms with E-state index in [1.54, 1.807) is 17.5 Å². The van der Waals surface area contributed by atoms with E-state index in [2.05, 4.69) is 10.8 Å². The molecular formula is C12H10N2O2S2. The van der Waals surface area contributed by atoms with E-state index in [0.717, 1.165) is 5.69 Å². The van der Waals surface area contributed by atoms with Crippen LogP contribution in [0.15, 0.2) is 47.8 Å². The Hall–Kier alpha value is -1.92. The number of anilines is 1. The van der Waals surface area contributed by atoms with Crippen molar-refractivity contribution in [3.8, 4) is 0 Å². The molecule has 2 N–H and O–H groups in total. The number of thiophene rings is 1. The summed E-state index contributed by atoms with van der Waals surface area (Å²) in [5.74, 6) is -0.456. The molecule has 0 spiro atoms. The van der Waals surface area contributed by atoms with Gasteiger partial charge in [-0.3, -0.25) is 0 Å². The number of hydrogen-bond donors (Lipinski definition) is 2. The van der Waals surface area contributed by atoms with Crippen LogP contribution in [-0.4, -0.2) is 11.1 Å². The highest BCUT2D eigenvalue weighted by Gasteiger charge is 2.08. The van der Waals surface area contributed by atoms with Crippen molar-refractivity contribution < 1.29 is 9.63 Å². The molecule has 1 aromatic carbocycles. The molecule has 0 aliphatic heterocycles. The first-order chi connectivity index (χ1) is 8.75. The van der Waals surface area contributed by atoms with Gasteiger partial charge in [-0.2, -0.15) is 5.48 Å². The van der Waals surface area contributed by atoms with Crippen LogP contribution in [0, 0.1) is 0 Å². The second kappa shape index (κ2) is 6.13. The molecule has 0 aliphatic carbocycles. The number of hydrogen-bond acceptors (Lipinski definition) is 4. The highest BCUT2D eigenvalue weighted by Crippen LogP contribution is 2.09. The Morgan fingerprint density at radius 3 is 2.61 bits per heavy atom. The summed E-state index contributed by atoms with van der Waals surface area (Å²) in [5, 5.41) is 4.92. The first-order valence-electron chi connectivity index (χ1n) is 5.12. The lowest BCUT2D eigenvalue weighted by Crippen LogP contribution is -2.30. The Labute approximate surface area is 114 Å². The molecule has 0 unspecified atom stereocenters. The summed E-state index contributed by atoms with van der Waals surface area (Å²) in [7, 11) is 0. The van der Waals surface area contributed by atoms with E-state index in [1.807, 2.05) is 30.3 Å². The fraction of sp³-hybridized carbons (Fsp3) is 0. The molecule has 6 heteroatoms. The van der Waals surface area contributed by atoms with E-state index in [0.29, 0.717) is 4.88 Å². The first kappa shape index (κ1) is 12.5. The topological polar surface area (TPSA) is 50.4 Å². The number of benzene rings is 1. The van der Waals surface area contributed by atoms with Crippen LogP contribution in [-0.2, 0) is 4.84 Å². The number of thiocarbonyl (C=S) groups is 1. The number of nitrogens with one attached hydrogen (secondary N) is 2. The van der Waals surface area contributed by atoms with Crippen molar-refractivity contribution in [2.45, 2.75) is 0 Å². The van der Waals surface area contributed by atoms with E-state index in [-0.39, 0.29) is 5.11 Å². The van der Waals surface area contributed by atoms with Crippen LogP contribution in [0.25, 0.3) is 0 Å². The van der Waals surface area contributed by atoms with Crippen molar-refractivity contribution in [3.63, 3.8) is 0 Å². The predicted molar refractivity (Wildman–Crippen MR) is 75.5 cm³/mol. The Kier molecular flexibility index (Phi) is 4.27. The van der Waals surface area contributed by atoms with Crippen LogP contribution in [0.4, 0.5) is 5.69 Å². The van der Waals surface area contributed by atoms with E-state index in [1.165, 1.54) is 11.3 Å². The fourth-order valence-corrected chi connectivity index (χ4v) is 1.97. The maximum Gasteiger partial charge on any atom is 0.372 e. The number of carbonyl (C=O) groups is 1. The molecule has 0 aliphatic rings. The van der Waals surface area contributed by atoms with Crippen LogP contribution in [0.1, 0.15) is 9.67 Å². The zero-order valence-corrected chi connectivity index (χ0v) is 10.9. The molecule has 0 saturated carbocycles. The molecule has 0 bridgehead atoms. The smallest absolute Gasteiger partial charge is 0.335 e. The second-order valence-corrected chi connectivity index (χ2v) is 4.64. The highest BCUT2D eigenvalue weighted by molar-refractivity contribution is 7.80. The third-order valence-corrected chi connectivity index (χ3v) is 3.03. The van der Waals surface area contributed by atoms with Gasteiger partial charge in [-0.1, -0.05) is 24.3 Å². The van der Waals surface area contributed by atoms with Gasteiger partial charge < -0.3 is 10.2 Å². The van der Waals surface area contributed by atoms with Crippen molar-refractivity contribution in [2.24, 2.45) is 0 Å². The minimum atomic E-state index is -0.456. The Bertz CT molecular complexity index is 526. The van der Waals surface area contributed by atoms with Gasteiger partial charge in [0.25, 0.3) is 0 Å². The number of carbonyl (C=O) groups excluding carboxylic acids is 1. The largest absolute Gasteiger partial charge is 0.372 e. The van der Waals surface area contributed by atoms with Crippen molar-refractivity contribution in [1.29, 1.82) is 0 Å². The third-order valence-electron chi connectivity index (χ3n) is 1.99. The van der Waals surface area contributed by atoms with Gasteiger partial charge in [0, 0.05) is 5.69 Å². The van der Waals surface area contributed by atoms with Gasteiger partial charge in [-0.05, 0) is 35.8 Å². The molecular weight excluding hydrogens is 268 g/mol. The number of hydroxylamine groups is 1. The average molecular weight is 278 g/mol. The van der Waals surface area contributed by atoms with Gasteiger partial charge in [0.05, 0.1) is 0 Å². The van der Waals surface area contributed by atoms with Gasteiger partial charge >= 0.3 is 5.97 Å². The summed E-state index contributed by atoms with van der Waals surface area (Å²) in [6.07, 6.45) is 0. The maximum absolute atomic E-state index is 11.5. The molecule has 0 radical (unpaired) electrons. The van der Waals surface area contributed by atoms with Crippen LogP contribution in [0.2, 0.25) is 0 Å². The van der Waals surface area contributed by atoms with Crippen LogP contribution in [0.3, 0.4) is 0 Å². The summed E-state index contributed by atoms with van der Waals surface area (Å²) in [6.45, 7) is 0. The maximum atomic E-state index is 11.5. The van der Waals surface area contributed by atoms with E-state index in [9.17, 15) is 4.79 Å². The van der Waals surface area contributed by atoms with Gasteiger partial charge in [-0.25, -0.2) is 4.79 Å². The normalized spacial score (nSPS) is 9.56. The molecule has 92 valence electrons. The molecule has 0 amide bonds. The summed E-state index contributed by atoms with van der Waals surface area (Å²) in [5.41, 5.74) is 3.22. The molecule has 18 heavy (non-hydrogen) atoms. The molecule has 0 saturated heterocycles. The molecule has 4 nitrogen and oxygen atoms in total. The first-order valence-corrected chi connectivity index (χ1v) is 6.41. The molecule has 1 heterocycles. The minimum Gasteiger partial charge on any atom is -0.335 e. The van der Waals surface area contributed by atoms with Gasteiger partial charge in [0.2, 0.25) is 5.11 Å². The van der Waals surface area contributed by atoms with Crippen molar-refractivity contribution >= 4 is 40.3 Å². The average Bonchev–Trinajstić information content (AvgIpc) is 2.91. The minimum absolute atomic E-state index is 0.228. The van der Waals surface area contributed by atoms with Crippen LogP contribution in [0.5, 0.6) is 0 Å². The molecule has 2 rings (SSSR count). The predicted octanol–water partition coefficient (Wildman–Crippen LogP) is 2.81. The summed E-state index contributed by atoms with van der Waals surface area (Å²) in [4.78, 5) is 16.9. The van der Waals surface area contributed by atoms with Gasteiger partial charge in [0.15, 0.2) is 0 Å². The second-order valence-electron chi connectivity index (χ2n) is 3.29. The highest BCUT2D eigenvalue weighted by atomic mass is 32.1. The number of rotatable bonds is 2. The van der Waals surface area contributed by atoms with E-state index >= 15 is 0 Å². The van der Waals surface area contributed by atoms with Gasteiger partial charge in [0.1, 0.15) is 4.88 Å². The van der Waals surface area contributed by atoms with E-state index < -0.39 is 5.97 Å². The molecule has 0 fully saturated rings. The molecule has 1 aromatic heterocycles. The lowest BCUT2D eigenvalue weighted by atomic mass is 10.3. The zero-order chi connectivity index (χ0) is 12.8. The zero-order valence-electron chi connectivity index (χ0n) is 9.25. The lowest BCUT2D eigenvalue weighted by molar-refractivity contribution is 0.0396. The lowest BCUT2D eigenvalue weighted by Gasteiger charge is -2.09. The van der Waals surface area contributed by atoms with Crippen LogP contribution >= 0.6 is 23.6 Å². The van der Waals surface area contributed by atoms with Crippen molar-refractivity contribution in [3.05, 3.63) is 52.7 Å². The molecule has 0 atom stereocenters. The Morgan fingerprint density at radius 1 is 1.17 bits per heavy atom. The van der Waals surface area contributed by atoms with Crippen molar-refractivity contribution in [1.82, 2.24) is 5.48 Å². The summed E-state index contributed by atoms with van der Waals surface area (Å²) >= 11 is 6.30. The standard InChI is InChI=1S/C12H10N2O2S2/c15-11(10-7-4-8-18-10)16-14-12(17)13-9-5-2-1-3-6-9/h1-8H,(H2,13,14,17). The summed E-state index contributed by atoms with van der Waals surface area (Å²) < 4.78 is 0. The quantitative estimate of drug-likeness (QED) is 0.653. The third kappa shape index (κ3) is 3.54. The Balaban J connectivity index is 1.80.